The van der Waals surface area contributed by atoms with Crippen molar-refractivity contribution in [1.82, 2.24) is 10.3 Å². The second kappa shape index (κ2) is 7.93. The number of nitrogens with two attached hydrogens (primary N) is 1. The first-order chi connectivity index (χ1) is 11.5. The Hall–Kier alpha value is -2.40. The first-order valence-electron chi connectivity index (χ1n) is 8.32. The molecule has 5 heteroatoms. The molecule has 1 aromatic heterocycles. The molecule has 0 atom stereocenters. The lowest BCUT2D eigenvalue weighted by Gasteiger charge is -2.31. The number of benzene rings is 1. The van der Waals surface area contributed by atoms with E-state index in [9.17, 15) is 4.79 Å². The SMILES string of the molecule is CCC(CC)(CN)NC(=O)c1ccc(N(C)c2ccccc2)nc1. The fourth-order valence-electron chi connectivity index (χ4n) is 2.58. The average molecular weight is 326 g/mol. The van der Waals surface area contributed by atoms with Gasteiger partial charge in [-0.05, 0) is 37.1 Å². The summed E-state index contributed by atoms with van der Waals surface area (Å²) >= 11 is 0. The van der Waals surface area contributed by atoms with Crippen LogP contribution in [0.3, 0.4) is 0 Å². The van der Waals surface area contributed by atoms with Crippen LogP contribution in [0.2, 0.25) is 0 Å². The molecule has 0 spiro atoms. The predicted octanol–water partition coefficient (Wildman–Crippen LogP) is 3.10. The number of aromatic nitrogens is 1. The molecule has 0 aliphatic rings. The molecule has 24 heavy (non-hydrogen) atoms. The van der Waals surface area contributed by atoms with Crippen LogP contribution in [0, 0.1) is 0 Å². The van der Waals surface area contributed by atoms with Crippen molar-refractivity contribution >= 4 is 17.4 Å². The maximum absolute atomic E-state index is 12.5. The van der Waals surface area contributed by atoms with Crippen molar-refractivity contribution in [2.45, 2.75) is 32.2 Å². The van der Waals surface area contributed by atoms with Crippen molar-refractivity contribution in [2.75, 3.05) is 18.5 Å². The van der Waals surface area contributed by atoms with Crippen molar-refractivity contribution in [3.63, 3.8) is 0 Å². The lowest BCUT2D eigenvalue weighted by Crippen LogP contribution is -2.52. The van der Waals surface area contributed by atoms with Crippen LogP contribution in [0.25, 0.3) is 0 Å². The monoisotopic (exact) mass is 326 g/mol. The standard InChI is InChI=1S/C19H26N4O/c1-4-19(5-2,14-20)22-18(24)15-11-12-17(21-13-15)23(3)16-9-7-6-8-10-16/h6-13H,4-5,14,20H2,1-3H3,(H,22,24). The number of hydrogen-bond acceptors (Lipinski definition) is 4. The highest BCUT2D eigenvalue weighted by Crippen LogP contribution is 2.21. The zero-order valence-corrected chi connectivity index (χ0v) is 14.6. The lowest BCUT2D eigenvalue weighted by atomic mass is 9.92. The molecule has 3 N–H and O–H groups in total. The van der Waals surface area contributed by atoms with Crippen LogP contribution in [0.5, 0.6) is 0 Å². The van der Waals surface area contributed by atoms with Gasteiger partial charge in [-0.1, -0.05) is 32.0 Å². The summed E-state index contributed by atoms with van der Waals surface area (Å²) in [6.45, 7) is 4.49. The summed E-state index contributed by atoms with van der Waals surface area (Å²) in [4.78, 5) is 18.9. The van der Waals surface area contributed by atoms with Crippen LogP contribution in [0.1, 0.15) is 37.0 Å². The number of anilines is 2. The first-order valence-corrected chi connectivity index (χ1v) is 8.32. The number of amides is 1. The largest absolute Gasteiger partial charge is 0.345 e. The second-order valence-corrected chi connectivity index (χ2v) is 5.95. The minimum absolute atomic E-state index is 0.134. The zero-order chi connectivity index (χ0) is 17.6. The predicted molar refractivity (Wildman–Crippen MR) is 98.6 cm³/mol. The Morgan fingerprint density at radius 3 is 2.33 bits per heavy atom. The summed E-state index contributed by atoms with van der Waals surface area (Å²) in [5.74, 6) is 0.652. The maximum Gasteiger partial charge on any atom is 0.253 e. The molecule has 1 amide bonds. The number of nitrogens with zero attached hydrogens (tertiary/aromatic N) is 2. The van der Waals surface area contributed by atoms with Crippen molar-refractivity contribution in [2.24, 2.45) is 5.73 Å². The Balaban J connectivity index is 2.13. The molecule has 1 heterocycles. The molecule has 1 aromatic carbocycles. The molecule has 0 saturated carbocycles. The molecular formula is C19H26N4O. The van der Waals surface area contributed by atoms with Crippen LogP contribution >= 0.6 is 0 Å². The van der Waals surface area contributed by atoms with Crippen LogP contribution < -0.4 is 16.0 Å². The molecule has 0 saturated heterocycles. The normalized spacial score (nSPS) is 11.2. The third kappa shape index (κ3) is 3.92. The van der Waals surface area contributed by atoms with Gasteiger partial charge >= 0.3 is 0 Å². The van der Waals surface area contributed by atoms with Crippen LogP contribution in [-0.2, 0) is 0 Å². The van der Waals surface area contributed by atoms with Crippen LogP contribution in [0.15, 0.2) is 48.7 Å². The second-order valence-electron chi connectivity index (χ2n) is 5.95. The number of nitrogens with one attached hydrogen (secondary N) is 1. The van der Waals surface area contributed by atoms with E-state index < -0.39 is 0 Å². The van der Waals surface area contributed by atoms with E-state index in [0.29, 0.717) is 12.1 Å². The van der Waals surface area contributed by atoms with E-state index in [4.69, 9.17) is 5.73 Å². The molecule has 0 radical (unpaired) electrons. The van der Waals surface area contributed by atoms with Gasteiger partial charge in [0.1, 0.15) is 5.82 Å². The molecule has 2 aromatic rings. The quantitative estimate of drug-likeness (QED) is 0.820. The Labute approximate surface area is 143 Å². The highest BCUT2D eigenvalue weighted by Gasteiger charge is 2.26. The summed E-state index contributed by atoms with van der Waals surface area (Å²) in [6, 6.07) is 13.6. The Kier molecular flexibility index (Phi) is 5.93. The Bertz CT molecular complexity index is 643. The molecule has 0 unspecified atom stereocenters. The van der Waals surface area contributed by atoms with Gasteiger partial charge in [0.15, 0.2) is 0 Å². The molecular weight excluding hydrogens is 300 g/mol. The van der Waals surface area contributed by atoms with Gasteiger partial charge in [0.25, 0.3) is 5.91 Å². The summed E-state index contributed by atoms with van der Waals surface area (Å²) in [5, 5.41) is 3.06. The van der Waals surface area contributed by atoms with Crippen molar-refractivity contribution in [3.8, 4) is 0 Å². The number of pyridine rings is 1. The topological polar surface area (TPSA) is 71.2 Å². The van der Waals surface area contributed by atoms with Gasteiger partial charge in [-0.3, -0.25) is 4.79 Å². The van der Waals surface area contributed by atoms with Gasteiger partial charge in [-0.15, -0.1) is 0 Å². The van der Waals surface area contributed by atoms with E-state index in [1.807, 2.05) is 62.2 Å². The third-order valence-electron chi connectivity index (χ3n) is 4.62. The maximum atomic E-state index is 12.5. The lowest BCUT2D eigenvalue weighted by molar-refractivity contribution is 0.0895. The van der Waals surface area contributed by atoms with Gasteiger partial charge < -0.3 is 16.0 Å². The minimum Gasteiger partial charge on any atom is -0.345 e. The van der Waals surface area contributed by atoms with Gasteiger partial charge in [0, 0.05) is 25.5 Å². The molecule has 2 rings (SSSR count). The highest BCUT2D eigenvalue weighted by atomic mass is 16.1. The van der Waals surface area contributed by atoms with Gasteiger partial charge in [-0.2, -0.15) is 0 Å². The smallest absolute Gasteiger partial charge is 0.253 e. The summed E-state index contributed by atoms with van der Waals surface area (Å²) in [7, 11) is 1.95. The zero-order valence-electron chi connectivity index (χ0n) is 14.6. The first kappa shape index (κ1) is 17.9. The van der Waals surface area contributed by atoms with E-state index in [1.165, 1.54) is 0 Å². The Morgan fingerprint density at radius 2 is 1.83 bits per heavy atom. The van der Waals surface area contributed by atoms with E-state index in [0.717, 1.165) is 24.3 Å². The van der Waals surface area contributed by atoms with Crippen molar-refractivity contribution in [1.29, 1.82) is 0 Å². The van der Waals surface area contributed by atoms with Gasteiger partial charge in [0.2, 0.25) is 0 Å². The van der Waals surface area contributed by atoms with Crippen LogP contribution in [0.4, 0.5) is 11.5 Å². The summed E-state index contributed by atoms with van der Waals surface area (Å²) < 4.78 is 0. The molecule has 0 bridgehead atoms. The van der Waals surface area contributed by atoms with E-state index in [-0.39, 0.29) is 11.4 Å². The van der Waals surface area contributed by atoms with E-state index in [2.05, 4.69) is 10.3 Å². The third-order valence-corrected chi connectivity index (χ3v) is 4.62. The summed E-state index contributed by atoms with van der Waals surface area (Å²) in [6.07, 6.45) is 3.21. The fourth-order valence-corrected chi connectivity index (χ4v) is 2.58. The number of carbonyl (C=O) groups excluding carboxylic acids is 1. The molecule has 0 fully saturated rings. The number of para-hydroxylation sites is 1. The van der Waals surface area contributed by atoms with E-state index >= 15 is 0 Å². The minimum atomic E-state index is -0.351. The molecule has 5 nitrogen and oxygen atoms in total. The van der Waals surface area contributed by atoms with Crippen molar-refractivity contribution in [3.05, 3.63) is 54.2 Å². The number of hydrogen-bond donors (Lipinski definition) is 2. The van der Waals surface area contributed by atoms with Gasteiger partial charge in [-0.25, -0.2) is 4.98 Å². The van der Waals surface area contributed by atoms with Crippen LogP contribution in [-0.4, -0.2) is 30.0 Å². The number of rotatable bonds is 7. The van der Waals surface area contributed by atoms with Gasteiger partial charge in [0.05, 0.1) is 11.1 Å². The van der Waals surface area contributed by atoms with E-state index in [1.54, 1.807) is 12.3 Å². The average Bonchev–Trinajstić information content (AvgIpc) is 2.66. The fraction of sp³-hybridized carbons (Fsp3) is 0.368. The summed E-state index contributed by atoms with van der Waals surface area (Å²) in [5.41, 5.74) is 7.08. The molecule has 128 valence electrons. The highest BCUT2D eigenvalue weighted by molar-refractivity contribution is 5.94. The number of carbonyl (C=O) groups is 1. The molecule has 0 aliphatic heterocycles. The van der Waals surface area contributed by atoms with Crippen molar-refractivity contribution < 1.29 is 4.79 Å². The molecule has 0 aliphatic carbocycles. The Morgan fingerprint density at radius 1 is 1.17 bits per heavy atom.